The van der Waals surface area contributed by atoms with Crippen LogP contribution in [0.3, 0.4) is 0 Å². The topological polar surface area (TPSA) is 44.9 Å². The highest BCUT2D eigenvalue weighted by Gasteiger charge is 2.25. The van der Waals surface area contributed by atoms with Crippen molar-refractivity contribution in [3.8, 4) is 6.07 Å². The second kappa shape index (κ2) is 5.62. The molecule has 0 amide bonds. The predicted octanol–water partition coefficient (Wildman–Crippen LogP) is 2.48. The summed E-state index contributed by atoms with van der Waals surface area (Å²) in [6.07, 6.45) is 4.13. The van der Waals surface area contributed by atoms with E-state index in [1.54, 1.807) is 10.9 Å². The summed E-state index contributed by atoms with van der Waals surface area (Å²) >= 11 is 0. The molecule has 6 heteroatoms. The number of rotatable bonds is 3. The molecule has 0 radical (unpaired) electrons. The van der Waals surface area contributed by atoms with Crippen molar-refractivity contribution in [1.29, 1.82) is 5.26 Å². The van der Waals surface area contributed by atoms with Gasteiger partial charge in [0.2, 0.25) is 0 Å². The molecule has 4 nitrogen and oxygen atoms in total. The van der Waals surface area contributed by atoms with Crippen molar-refractivity contribution in [2.45, 2.75) is 19.0 Å². The van der Waals surface area contributed by atoms with Crippen LogP contribution in [0.4, 0.5) is 8.78 Å². The van der Waals surface area contributed by atoms with Gasteiger partial charge in [-0.15, -0.1) is 0 Å². The van der Waals surface area contributed by atoms with Gasteiger partial charge in [0.1, 0.15) is 17.7 Å². The standard InChI is InChI=1S/C15H14F2N4/c16-13-1-2-15(17)12(5-13)9-20-4-3-14(10-20)21-8-11(6-18)7-19-21/h1-2,5,7-8,14H,3-4,9-10H2. The van der Waals surface area contributed by atoms with Gasteiger partial charge in [-0.1, -0.05) is 0 Å². The molecule has 1 unspecified atom stereocenters. The van der Waals surface area contributed by atoms with Gasteiger partial charge >= 0.3 is 0 Å². The average molecular weight is 288 g/mol. The summed E-state index contributed by atoms with van der Waals surface area (Å²) in [7, 11) is 0. The van der Waals surface area contributed by atoms with E-state index in [-0.39, 0.29) is 11.9 Å². The first-order valence-electron chi connectivity index (χ1n) is 6.76. The van der Waals surface area contributed by atoms with Gasteiger partial charge in [0, 0.05) is 31.4 Å². The zero-order valence-electron chi connectivity index (χ0n) is 11.3. The molecule has 1 atom stereocenters. The zero-order valence-corrected chi connectivity index (χ0v) is 11.3. The number of hydrogen-bond acceptors (Lipinski definition) is 3. The zero-order chi connectivity index (χ0) is 14.8. The van der Waals surface area contributed by atoms with Gasteiger partial charge < -0.3 is 0 Å². The van der Waals surface area contributed by atoms with Crippen molar-refractivity contribution in [3.05, 3.63) is 53.4 Å². The minimum absolute atomic E-state index is 0.170. The van der Waals surface area contributed by atoms with E-state index >= 15 is 0 Å². The first-order valence-corrected chi connectivity index (χ1v) is 6.76. The molecule has 21 heavy (non-hydrogen) atoms. The second-order valence-electron chi connectivity index (χ2n) is 5.23. The molecule has 2 heterocycles. The molecule has 0 aliphatic carbocycles. The third kappa shape index (κ3) is 2.93. The van der Waals surface area contributed by atoms with Crippen LogP contribution in [0.2, 0.25) is 0 Å². The molecular formula is C15H14F2N4. The van der Waals surface area contributed by atoms with Crippen molar-refractivity contribution in [2.24, 2.45) is 0 Å². The van der Waals surface area contributed by atoms with Crippen LogP contribution in [0, 0.1) is 23.0 Å². The largest absolute Gasteiger partial charge is 0.297 e. The maximum absolute atomic E-state index is 13.6. The number of halogens is 2. The lowest BCUT2D eigenvalue weighted by Gasteiger charge is -2.16. The smallest absolute Gasteiger partial charge is 0.127 e. The van der Waals surface area contributed by atoms with Gasteiger partial charge in [0.15, 0.2) is 0 Å². The van der Waals surface area contributed by atoms with Gasteiger partial charge in [-0.25, -0.2) is 8.78 Å². The summed E-state index contributed by atoms with van der Waals surface area (Å²) in [6.45, 7) is 1.89. The summed E-state index contributed by atoms with van der Waals surface area (Å²) in [5, 5.41) is 13.0. The number of likely N-dealkylation sites (tertiary alicyclic amines) is 1. The normalized spacial score (nSPS) is 18.8. The van der Waals surface area contributed by atoms with Gasteiger partial charge in [-0.3, -0.25) is 9.58 Å². The SMILES string of the molecule is N#Cc1cnn(C2CCN(Cc3cc(F)ccc3F)C2)c1. The Morgan fingerprint density at radius 1 is 1.38 bits per heavy atom. The number of nitrogens with zero attached hydrogens (tertiary/aromatic N) is 4. The fourth-order valence-corrected chi connectivity index (χ4v) is 2.67. The van der Waals surface area contributed by atoms with Gasteiger partial charge in [0.05, 0.1) is 17.8 Å². The predicted molar refractivity (Wildman–Crippen MR) is 72.2 cm³/mol. The van der Waals surface area contributed by atoms with Crippen LogP contribution in [0.1, 0.15) is 23.6 Å². The maximum atomic E-state index is 13.6. The molecule has 108 valence electrons. The van der Waals surface area contributed by atoms with Crippen molar-refractivity contribution in [2.75, 3.05) is 13.1 Å². The lowest BCUT2D eigenvalue weighted by atomic mass is 10.2. The van der Waals surface area contributed by atoms with E-state index in [0.29, 0.717) is 24.2 Å². The molecule has 1 aliphatic heterocycles. The first-order chi connectivity index (χ1) is 10.2. The quantitative estimate of drug-likeness (QED) is 0.871. The number of benzene rings is 1. The van der Waals surface area contributed by atoms with Crippen molar-refractivity contribution in [3.63, 3.8) is 0 Å². The summed E-state index contributed by atoms with van der Waals surface area (Å²) in [5.41, 5.74) is 0.901. The Morgan fingerprint density at radius 3 is 3.00 bits per heavy atom. The lowest BCUT2D eigenvalue weighted by molar-refractivity contribution is 0.306. The molecule has 2 aromatic rings. The van der Waals surface area contributed by atoms with Crippen LogP contribution >= 0.6 is 0 Å². The Morgan fingerprint density at radius 2 is 2.24 bits per heavy atom. The Labute approximate surface area is 121 Å². The third-order valence-corrected chi connectivity index (χ3v) is 3.75. The van der Waals surface area contributed by atoms with Crippen LogP contribution in [-0.2, 0) is 6.54 Å². The van der Waals surface area contributed by atoms with E-state index in [4.69, 9.17) is 5.26 Å². The van der Waals surface area contributed by atoms with Crippen molar-refractivity contribution >= 4 is 0 Å². The molecule has 0 bridgehead atoms. The lowest BCUT2D eigenvalue weighted by Crippen LogP contribution is -2.22. The second-order valence-corrected chi connectivity index (χ2v) is 5.23. The Balaban J connectivity index is 1.67. The van der Waals surface area contributed by atoms with Gasteiger partial charge in [-0.2, -0.15) is 10.4 Å². The van der Waals surface area contributed by atoms with Crippen LogP contribution in [0.15, 0.2) is 30.6 Å². The van der Waals surface area contributed by atoms with Gasteiger partial charge in [-0.05, 0) is 24.6 Å². The van der Waals surface area contributed by atoms with Crippen LogP contribution in [-0.4, -0.2) is 27.8 Å². The van der Waals surface area contributed by atoms with E-state index in [2.05, 4.69) is 10.00 Å². The third-order valence-electron chi connectivity index (χ3n) is 3.75. The fourth-order valence-electron chi connectivity index (χ4n) is 2.67. The minimum Gasteiger partial charge on any atom is -0.297 e. The summed E-state index contributed by atoms with van der Waals surface area (Å²) in [4.78, 5) is 2.07. The highest BCUT2D eigenvalue weighted by Crippen LogP contribution is 2.23. The van der Waals surface area contributed by atoms with Crippen molar-refractivity contribution < 1.29 is 8.78 Å². The average Bonchev–Trinajstić information content (AvgIpc) is 3.11. The molecule has 0 N–H and O–H groups in total. The molecular weight excluding hydrogens is 274 g/mol. The fraction of sp³-hybridized carbons (Fsp3) is 0.333. The number of hydrogen-bond donors (Lipinski definition) is 0. The maximum Gasteiger partial charge on any atom is 0.127 e. The summed E-state index contributed by atoms with van der Waals surface area (Å²) in [6, 6.07) is 5.74. The molecule has 1 aliphatic rings. The van der Waals surface area contributed by atoms with Crippen LogP contribution < -0.4 is 0 Å². The first kappa shape index (κ1) is 13.7. The molecule has 0 saturated carbocycles. The van der Waals surface area contributed by atoms with E-state index in [1.165, 1.54) is 12.3 Å². The monoisotopic (exact) mass is 288 g/mol. The number of aromatic nitrogens is 2. The highest BCUT2D eigenvalue weighted by atomic mass is 19.1. The Kier molecular flexibility index (Phi) is 3.67. The van der Waals surface area contributed by atoms with Crippen LogP contribution in [0.5, 0.6) is 0 Å². The minimum atomic E-state index is -0.423. The number of nitriles is 1. The van der Waals surface area contributed by atoms with E-state index in [9.17, 15) is 8.78 Å². The molecule has 1 aromatic heterocycles. The molecule has 1 aromatic carbocycles. The summed E-state index contributed by atoms with van der Waals surface area (Å²) < 4.78 is 28.6. The Hall–Kier alpha value is -2.26. The Bertz CT molecular complexity index is 689. The van der Waals surface area contributed by atoms with E-state index in [1.807, 2.05) is 6.07 Å². The van der Waals surface area contributed by atoms with E-state index < -0.39 is 5.82 Å². The van der Waals surface area contributed by atoms with Gasteiger partial charge in [0.25, 0.3) is 0 Å². The molecule has 1 fully saturated rings. The summed E-state index contributed by atoms with van der Waals surface area (Å²) in [5.74, 6) is -0.807. The molecule has 0 spiro atoms. The highest BCUT2D eigenvalue weighted by molar-refractivity contribution is 5.22. The van der Waals surface area contributed by atoms with Crippen LogP contribution in [0.25, 0.3) is 0 Å². The van der Waals surface area contributed by atoms with Crippen molar-refractivity contribution in [1.82, 2.24) is 14.7 Å². The van der Waals surface area contributed by atoms with E-state index in [0.717, 1.165) is 25.1 Å². The molecule has 3 rings (SSSR count). The molecule has 1 saturated heterocycles.